The van der Waals surface area contributed by atoms with Crippen LogP contribution in [0, 0.1) is 0 Å². The van der Waals surface area contributed by atoms with Gasteiger partial charge < -0.3 is 9.64 Å². The van der Waals surface area contributed by atoms with Crippen LogP contribution >= 0.6 is 11.6 Å². The number of carbonyl (C=O) groups is 1. The van der Waals surface area contributed by atoms with Crippen molar-refractivity contribution in [2.24, 2.45) is 0 Å². The van der Waals surface area contributed by atoms with Crippen LogP contribution in [0.25, 0.3) is 0 Å². The van der Waals surface area contributed by atoms with E-state index < -0.39 is 10.0 Å². The molecule has 3 aromatic carbocycles. The average Bonchev–Trinajstić information content (AvgIpc) is 3.21. The van der Waals surface area contributed by atoms with Gasteiger partial charge in [0.15, 0.2) is 0 Å². The maximum atomic E-state index is 13.5. The Kier molecular flexibility index (Phi) is 5.89. The van der Waals surface area contributed by atoms with Gasteiger partial charge in [0, 0.05) is 17.3 Å². The minimum absolute atomic E-state index is 0.0582. The topological polar surface area (TPSA) is 66.9 Å². The van der Waals surface area contributed by atoms with Gasteiger partial charge in [0.1, 0.15) is 12.3 Å². The summed E-state index contributed by atoms with van der Waals surface area (Å²) in [5.74, 6) is 0.236. The molecule has 1 amide bonds. The Morgan fingerprint density at radius 2 is 1.81 bits per heavy atom. The molecule has 0 bridgehead atoms. The highest BCUT2D eigenvalue weighted by Gasteiger charge is 2.31. The number of carbonyl (C=O) groups excluding carboxylic acids is 1. The third kappa shape index (κ3) is 4.24. The Bertz CT molecular complexity index is 1210. The third-order valence-electron chi connectivity index (χ3n) is 5.21. The van der Waals surface area contributed by atoms with E-state index in [1.54, 1.807) is 35.2 Å². The van der Waals surface area contributed by atoms with Crippen molar-refractivity contribution >= 4 is 38.9 Å². The molecule has 6 nitrogen and oxygen atoms in total. The zero-order valence-electron chi connectivity index (χ0n) is 16.9. The molecular formula is C23H21ClN2O4S. The van der Waals surface area contributed by atoms with Crippen LogP contribution in [0.3, 0.4) is 0 Å². The Morgan fingerprint density at radius 1 is 1.06 bits per heavy atom. The molecule has 0 saturated carbocycles. The fraction of sp³-hybridized carbons (Fsp3) is 0.174. The maximum absolute atomic E-state index is 13.5. The van der Waals surface area contributed by atoms with E-state index in [0.717, 1.165) is 22.0 Å². The monoisotopic (exact) mass is 456 g/mol. The Morgan fingerprint density at radius 3 is 2.52 bits per heavy atom. The quantitative estimate of drug-likeness (QED) is 0.559. The number of hydrogen-bond acceptors (Lipinski definition) is 4. The number of ether oxygens (including phenoxy) is 1. The highest BCUT2D eigenvalue weighted by Crippen LogP contribution is 2.30. The van der Waals surface area contributed by atoms with Crippen molar-refractivity contribution in [1.29, 1.82) is 0 Å². The normalized spacial score (nSPS) is 13.0. The lowest BCUT2D eigenvalue weighted by molar-refractivity contribution is -0.117. The van der Waals surface area contributed by atoms with Gasteiger partial charge in [-0.25, -0.2) is 8.42 Å². The molecule has 1 heterocycles. The second kappa shape index (κ2) is 8.61. The van der Waals surface area contributed by atoms with E-state index in [-0.39, 0.29) is 17.3 Å². The molecule has 0 radical (unpaired) electrons. The van der Waals surface area contributed by atoms with Gasteiger partial charge in [0.25, 0.3) is 10.0 Å². The number of halogens is 1. The van der Waals surface area contributed by atoms with E-state index in [4.69, 9.17) is 16.3 Å². The number of benzene rings is 3. The zero-order valence-corrected chi connectivity index (χ0v) is 18.4. The standard InChI is InChI=1S/C23H21ClN2O4S/c1-30-20-9-11-21(12-10-20)31(28,29)26(19-7-4-6-18(24)15-19)16-23(27)25-14-13-17-5-2-3-8-22(17)25/h2-12,15H,13-14,16H2,1H3. The fourth-order valence-corrected chi connectivity index (χ4v) is 5.22. The molecule has 0 atom stereocenters. The van der Waals surface area contributed by atoms with E-state index in [1.165, 1.54) is 25.3 Å². The molecule has 0 spiro atoms. The van der Waals surface area contributed by atoms with Crippen LogP contribution in [-0.4, -0.2) is 34.5 Å². The van der Waals surface area contributed by atoms with Crippen LogP contribution in [0.15, 0.2) is 77.7 Å². The molecule has 0 saturated heterocycles. The van der Waals surface area contributed by atoms with Crippen LogP contribution in [0.1, 0.15) is 5.56 Å². The number of rotatable bonds is 6. The number of anilines is 2. The van der Waals surface area contributed by atoms with Gasteiger partial charge in [-0.2, -0.15) is 0 Å². The van der Waals surface area contributed by atoms with Crippen LogP contribution in [-0.2, 0) is 21.2 Å². The molecule has 8 heteroatoms. The summed E-state index contributed by atoms with van der Waals surface area (Å²) in [4.78, 5) is 14.9. The molecule has 0 aliphatic carbocycles. The van der Waals surface area contributed by atoms with Crippen LogP contribution in [0.2, 0.25) is 5.02 Å². The second-order valence-electron chi connectivity index (χ2n) is 7.09. The van der Waals surface area contributed by atoms with Crippen molar-refractivity contribution in [3.8, 4) is 5.75 Å². The Balaban J connectivity index is 1.70. The first kappa shape index (κ1) is 21.2. The summed E-state index contributed by atoms with van der Waals surface area (Å²) in [6.07, 6.45) is 0.740. The van der Waals surface area contributed by atoms with Crippen LogP contribution in [0.4, 0.5) is 11.4 Å². The molecule has 1 aliphatic heterocycles. The molecule has 4 rings (SSSR count). The predicted octanol–water partition coefficient (Wildman–Crippen LogP) is 4.13. The first-order valence-corrected chi connectivity index (χ1v) is 11.5. The molecule has 0 unspecified atom stereocenters. The minimum Gasteiger partial charge on any atom is -0.497 e. The van der Waals surface area contributed by atoms with Gasteiger partial charge in [-0.1, -0.05) is 35.9 Å². The summed E-state index contributed by atoms with van der Waals surface area (Å²) in [6.45, 7) is 0.174. The molecule has 0 N–H and O–H groups in total. The number of fused-ring (bicyclic) bond motifs is 1. The summed E-state index contributed by atoms with van der Waals surface area (Å²) < 4.78 is 33.2. The summed E-state index contributed by atoms with van der Waals surface area (Å²) in [5, 5.41) is 0.381. The lowest BCUT2D eigenvalue weighted by atomic mass is 10.2. The van der Waals surface area contributed by atoms with Crippen molar-refractivity contribution < 1.29 is 17.9 Å². The van der Waals surface area contributed by atoms with Crippen molar-refractivity contribution in [3.63, 3.8) is 0 Å². The zero-order chi connectivity index (χ0) is 22.0. The number of nitrogens with zero attached hydrogens (tertiary/aromatic N) is 2. The summed E-state index contributed by atoms with van der Waals surface area (Å²) in [5.41, 5.74) is 2.22. The lowest BCUT2D eigenvalue weighted by Gasteiger charge is -2.27. The Labute approximate surface area is 186 Å². The van der Waals surface area contributed by atoms with E-state index in [2.05, 4.69) is 0 Å². The van der Waals surface area contributed by atoms with Crippen molar-refractivity contribution in [3.05, 3.63) is 83.4 Å². The van der Waals surface area contributed by atoms with E-state index in [0.29, 0.717) is 23.0 Å². The first-order valence-electron chi connectivity index (χ1n) is 9.71. The molecule has 3 aromatic rings. The van der Waals surface area contributed by atoms with E-state index in [1.807, 2.05) is 24.3 Å². The highest BCUT2D eigenvalue weighted by atomic mass is 35.5. The van der Waals surface area contributed by atoms with Gasteiger partial charge >= 0.3 is 0 Å². The van der Waals surface area contributed by atoms with Crippen LogP contribution in [0.5, 0.6) is 5.75 Å². The maximum Gasteiger partial charge on any atom is 0.264 e. The molecule has 31 heavy (non-hydrogen) atoms. The summed E-state index contributed by atoms with van der Waals surface area (Å²) >= 11 is 6.12. The molecule has 160 valence electrons. The first-order chi connectivity index (χ1) is 14.9. The van der Waals surface area contributed by atoms with Gasteiger partial charge in [-0.05, 0) is 60.5 Å². The molecule has 1 aliphatic rings. The van der Waals surface area contributed by atoms with E-state index in [9.17, 15) is 13.2 Å². The molecular weight excluding hydrogens is 436 g/mol. The van der Waals surface area contributed by atoms with E-state index >= 15 is 0 Å². The third-order valence-corrected chi connectivity index (χ3v) is 7.23. The Hall–Kier alpha value is -3.03. The van der Waals surface area contributed by atoms with Crippen molar-refractivity contribution in [2.45, 2.75) is 11.3 Å². The van der Waals surface area contributed by atoms with Crippen LogP contribution < -0.4 is 13.9 Å². The minimum atomic E-state index is -4.03. The fourth-order valence-electron chi connectivity index (χ4n) is 3.63. The van der Waals surface area contributed by atoms with Crippen molar-refractivity contribution in [1.82, 2.24) is 0 Å². The molecule has 0 fully saturated rings. The summed E-state index contributed by atoms with van der Waals surface area (Å²) in [6, 6.07) is 20.2. The number of sulfonamides is 1. The predicted molar refractivity (Wildman–Crippen MR) is 121 cm³/mol. The lowest BCUT2D eigenvalue weighted by Crippen LogP contribution is -2.42. The number of amides is 1. The largest absolute Gasteiger partial charge is 0.497 e. The van der Waals surface area contributed by atoms with Gasteiger partial charge in [0.05, 0.1) is 17.7 Å². The second-order valence-corrected chi connectivity index (χ2v) is 9.39. The van der Waals surface area contributed by atoms with Gasteiger partial charge in [-0.15, -0.1) is 0 Å². The van der Waals surface area contributed by atoms with Crippen molar-refractivity contribution in [2.75, 3.05) is 29.4 Å². The SMILES string of the molecule is COc1ccc(S(=O)(=O)N(CC(=O)N2CCc3ccccc32)c2cccc(Cl)c2)cc1. The average molecular weight is 457 g/mol. The van der Waals surface area contributed by atoms with Gasteiger partial charge in [0.2, 0.25) is 5.91 Å². The highest BCUT2D eigenvalue weighted by molar-refractivity contribution is 7.92. The van der Waals surface area contributed by atoms with Gasteiger partial charge in [-0.3, -0.25) is 9.10 Å². The number of para-hydroxylation sites is 1. The summed E-state index contributed by atoms with van der Waals surface area (Å²) in [7, 11) is -2.52. The number of hydrogen-bond donors (Lipinski definition) is 0. The smallest absolute Gasteiger partial charge is 0.264 e. The number of methoxy groups -OCH3 is 1. The molecule has 0 aromatic heterocycles.